The Morgan fingerprint density at radius 1 is 1.11 bits per heavy atom. The number of nitrogens with one attached hydrogen (secondary N) is 1. The van der Waals surface area contributed by atoms with Gasteiger partial charge in [-0.2, -0.15) is 13.2 Å². The topological polar surface area (TPSA) is 88.3 Å². The number of piperidine rings is 1. The van der Waals surface area contributed by atoms with Gasteiger partial charge in [0, 0.05) is 48.7 Å². The van der Waals surface area contributed by atoms with Crippen LogP contribution in [0.4, 0.5) is 33.3 Å². The van der Waals surface area contributed by atoms with Gasteiger partial charge in [0.15, 0.2) is 0 Å². The number of aromatic nitrogens is 1. The molecule has 0 unspecified atom stereocenters. The number of benzene rings is 2. The summed E-state index contributed by atoms with van der Waals surface area (Å²) in [6.45, 7) is 2.36. The van der Waals surface area contributed by atoms with Crippen LogP contribution in [-0.2, 0) is 11.0 Å². The number of carbonyl (C=O) groups excluding carboxylic acids is 2. The van der Waals surface area contributed by atoms with Crippen LogP contribution in [0.3, 0.4) is 0 Å². The zero-order valence-corrected chi connectivity index (χ0v) is 20.8. The molecule has 2 amide bonds. The first-order valence-electron chi connectivity index (χ1n) is 11.5. The van der Waals surface area contributed by atoms with E-state index in [0.717, 1.165) is 24.4 Å². The summed E-state index contributed by atoms with van der Waals surface area (Å²) in [5, 5.41) is 2.07. The molecule has 4 rings (SSSR count). The minimum atomic E-state index is -4.72. The Morgan fingerprint density at radius 2 is 1.79 bits per heavy atom. The number of rotatable bonds is 4. The molecule has 2 aromatic carbocycles. The van der Waals surface area contributed by atoms with E-state index in [1.165, 1.54) is 19.1 Å². The first-order valence-corrected chi connectivity index (χ1v) is 11.9. The van der Waals surface area contributed by atoms with Crippen LogP contribution in [0.1, 0.15) is 47.3 Å². The van der Waals surface area contributed by atoms with Crippen molar-refractivity contribution in [1.82, 2.24) is 9.88 Å². The van der Waals surface area contributed by atoms with E-state index in [-0.39, 0.29) is 44.9 Å². The summed E-state index contributed by atoms with van der Waals surface area (Å²) >= 11 is 6.31. The second-order valence-corrected chi connectivity index (χ2v) is 9.34. The lowest BCUT2D eigenvalue weighted by molar-refractivity contribution is -0.141. The molecule has 3 aromatic rings. The van der Waals surface area contributed by atoms with E-state index < -0.39 is 29.4 Å². The highest BCUT2D eigenvalue weighted by atomic mass is 35.5. The molecule has 0 aliphatic carbocycles. The number of likely N-dealkylation sites (tertiary alicyclic amines) is 1. The third-order valence-corrected chi connectivity index (χ3v) is 6.74. The molecule has 1 aromatic heterocycles. The summed E-state index contributed by atoms with van der Waals surface area (Å²) in [6.07, 6.45) is -2.82. The van der Waals surface area contributed by atoms with Crippen molar-refractivity contribution in [2.24, 2.45) is 0 Å². The van der Waals surface area contributed by atoms with Crippen molar-refractivity contribution in [1.29, 1.82) is 0 Å². The SMILES string of the molecule is CC(=O)N1CCC(c2cc(F)cc(N)c2-c2cc(Cl)c(C(=O)Nc3ccnc(C(F)(F)F)c3)cc2F)CC1. The molecule has 2 heterocycles. The second-order valence-electron chi connectivity index (χ2n) is 8.93. The molecular weight excluding hydrogens is 531 g/mol. The van der Waals surface area contributed by atoms with Gasteiger partial charge in [-0.3, -0.25) is 14.6 Å². The summed E-state index contributed by atoms with van der Waals surface area (Å²) in [7, 11) is 0. The van der Waals surface area contributed by atoms with Crippen LogP contribution in [0, 0.1) is 11.6 Å². The predicted octanol–water partition coefficient (Wildman–Crippen LogP) is 6.26. The number of nitrogens with zero attached hydrogens (tertiary/aromatic N) is 2. The van der Waals surface area contributed by atoms with Crippen LogP contribution in [0.25, 0.3) is 11.1 Å². The summed E-state index contributed by atoms with van der Waals surface area (Å²) < 4.78 is 68.6. The standard InChI is InChI=1S/C26H22ClF5N4O2/c1-13(37)36-6-3-14(4-7-36)17-8-15(28)9-22(33)24(17)19-11-20(27)18(12-21(19)29)25(38)35-16-2-5-34-23(10-16)26(30,31)32/h2,5,8-12,14H,3-4,6-7,33H2,1H3,(H,34,35,38). The van der Waals surface area contributed by atoms with Gasteiger partial charge in [0.25, 0.3) is 5.91 Å². The number of nitrogens with two attached hydrogens (primary N) is 1. The lowest BCUT2D eigenvalue weighted by Crippen LogP contribution is -2.36. The Morgan fingerprint density at radius 3 is 2.42 bits per heavy atom. The average molecular weight is 553 g/mol. The Bertz CT molecular complexity index is 1410. The van der Waals surface area contributed by atoms with Gasteiger partial charge in [-0.1, -0.05) is 11.6 Å². The predicted molar refractivity (Wildman–Crippen MR) is 133 cm³/mol. The normalized spacial score (nSPS) is 14.4. The monoisotopic (exact) mass is 552 g/mol. The van der Waals surface area contributed by atoms with Gasteiger partial charge in [-0.05, 0) is 60.7 Å². The number of nitrogen functional groups attached to an aromatic ring is 1. The van der Waals surface area contributed by atoms with Gasteiger partial charge in [0.1, 0.15) is 17.3 Å². The largest absolute Gasteiger partial charge is 0.433 e. The second kappa shape index (κ2) is 10.6. The van der Waals surface area contributed by atoms with Crippen LogP contribution >= 0.6 is 11.6 Å². The fourth-order valence-corrected chi connectivity index (χ4v) is 4.81. The zero-order chi connectivity index (χ0) is 27.8. The van der Waals surface area contributed by atoms with E-state index in [1.807, 2.05) is 0 Å². The van der Waals surface area contributed by atoms with Crippen LogP contribution < -0.4 is 11.1 Å². The number of anilines is 2. The highest BCUT2D eigenvalue weighted by molar-refractivity contribution is 6.34. The molecule has 0 bridgehead atoms. The van der Waals surface area contributed by atoms with Crippen molar-refractivity contribution in [3.63, 3.8) is 0 Å². The van der Waals surface area contributed by atoms with Gasteiger partial charge in [0.05, 0.1) is 10.6 Å². The van der Waals surface area contributed by atoms with Crippen LogP contribution in [0.15, 0.2) is 42.6 Å². The van der Waals surface area contributed by atoms with Crippen LogP contribution in [0.5, 0.6) is 0 Å². The maximum Gasteiger partial charge on any atom is 0.433 e. The number of hydrogen-bond donors (Lipinski definition) is 2. The van der Waals surface area contributed by atoms with E-state index in [1.54, 1.807) is 4.90 Å². The van der Waals surface area contributed by atoms with Crippen LogP contribution in [-0.4, -0.2) is 34.8 Å². The summed E-state index contributed by atoms with van der Waals surface area (Å²) in [6, 6.07) is 6.14. The van der Waals surface area contributed by atoms with Crippen molar-refractivity contribution in [2.45, 2.75) is 31.9 Å². The fraction of sp³-hybridized carbons (Fsp3) is 0.269. The minimum Gasteiger partial charge on any atom is -0.398 e. The zero-order valence-electron chi connectivity index (χ0n) is 20.0. The number of halogens is 6. The number of carbonyl (C=O) groups is 2. The Kier molecular flexibility index (Phi) is 7.59. The average Bonchev–Trinajstić information content (AvgIpc) is 2.84. The molecule has 3 N–H and O–H groups in total. The molecule has 0 radical (unpaired) electrons. The molecule has 200 valence electrons. The summed E-state index contributed by atoms with van der Waals surface area (Å²) in [4.78, 5) is 29.3. The lowest BCUT2D eigenvalue weighted by Gasteiger charge is -2.33. The Hall–Kier alpha value is -3.73. The molecule has 0 atom stereocenters. The first-order chi connectivity index (χ1) is 17.8. The van der Waals surface area contributed by atoms with Crippen molar-refractivity contribution in [3.8, 4) is 11.1 Å². The number of pyridine rings is 1. The van der Waals surface area contributed by atoms with Crippen molar-refractivity contribution < 1.29 is 31.5 Å². The molecule has 1 fully saturated rings. The molecular formula is C26H22ClF5N4O2. The van der Waals surface area contributed by atoms with Gasteiger partial charge < -0.3 is 16.0 Å². The molecule has 1 aliphatic heterocycles. The van der Waals surface area contributed by atoms with Gasteiger partial charge in [-0.15, -0.1) is 0 Å². The van der Waals surface area contributed by atoms with Gasteiger partial charge in [0.2, 0.25) is 5.91 Å². The van der Waals surface area contributed by atoms with E-state index in [2.05, 4.69) is 10.3 Å². The Balaban J connectivity index is 1.67. The van der Waals surface area contributed by atoms with E-state index in [0.29, 0.717) is 37.6 Å². The van der Waals surface area contributed by atoms with Gasteiger partial charge in [-0.25, -0.2) is 8.78 Å². The summed E-state index contributed by atoms with van der Waals surface area (Å²) in [5.74, 6) is -2.72. The van der Waals surface area contributed by atoms with E-state index >= 15 is 4.39 Å². The fourth-order valence-electron chi connectivity index (χ4n) is 4.56. The molecule has 6 nitrogen and oxygen atoms in total. The van der Waals surface area contributed by atoms with E-state index in [9.17, 15) is 27.2 Å². The molecule has 1 saturated heterocycles. The third kappa shape index (κ3) is 5.72. The number of amides is 2. The molecule has 0 spiro atoms. The van der Waals surface area contributed by atoms with Crippen molar-refractivity contribution in [2.75, 3.05) is 24.1 Å². The number of alkyl halides is 3. The molecule has 1 aliphatic rings. The number of hydrogen-bond acceptors (Lipinski definition) is 4. The molecule has 38 heavy (non-hydrogen) atoms. The highest BCUT2D eigenvalue weighted by Gasteiger charge is 2.33. The Labute approximate surface area is 219 Å². The maximum absolute atomic E-state index is 15.4. The van der Waals surface area contributed by atoms with Crippen molar-refractivity contribution in [3.05, 3.63) is 76.1 Å². The molecule has 12 heteroatoms. The third-order valence-electron chi connectivity index (χ3n) is 6.42. The minimum absolute atomic E-state index is 0.0300. The maximum atomic E-state index is 15.4. The first kappa shape index (κ1) is 27.3. The smallest absolute Gasteiger partial charge is 0.398 e. The molecule has 0 saturated carbocycles. The van der Waals surface area contributed by atoms with E-state index in [4.69, 9.17) is 17.3 Å². The quantitative estimate of drug-likeness (QED) is 0.295. The van der Waals surface area contributed by atoms with Gasteiger partial charge >= 0.3 is 6.18 Å². The van der Waals surface area contributed by atoms with Crippen LogP contribution in [0.2, 0.25) is 5.02 Å². The highest BCUT2D eigenvalue weighted by Crippen LogP contribution is 2.41. The van der Waals surface area contributed by atoms with Crippen molar-refractivity contribution >= 4 is 34.8 Å². The summed E-state index contributed by atoms with van der Waals surface area (Å²) in [5.41, 5.74) is 4.96. The lowest BCUT2D eigenvalue weighted by atomic mass is 9.83.